The average molecular weight is 248 g/mol. The molecule has 1 N–H and O–H groups in total. The Balaban J connectivity index is 1.82. The number of nitrogens with zero attached hydrogens (tertiary/aromatic N) is 3. The molecular formula is C13H20N4O. The largest absolute Gasteiger partial charge is 0.310 e. The van der Waals surface area contributed by atoms with Gasteiger partial charge in [-0.1, -0.05) is 0 Å². The highest BCUT2D eigenvalue weighted by atomic mass is 16.2. The minimum Gasteiger partial charge on any atom is -0.310 e. The molecule has 0 saturated carbocycles. The van der Waals surface area contributed by atoms with Crippen molar-refractivity contribution in [2.75, 3.05) is 45.1 Å². The fourth-order valence-electron chi connectivity index (χ4n) is 2.00. The van der Waals surface area contributed by atoms with Crippen molar-refractivity contribution in [3.05, 3.63) is 23.9 Å². The standard InChI is InChI=1S/C13H20N4O/c1-11-3-4-14-12(9-11)15-13(18)10-17-7-5-16(2)6-8-17/h3-4,9H,5-8,10H2,1-2H3,(H,14,15,18). The van der Waals surface area contributed by atoms with Crippen molar-refractivity contribution in [2.24, 2.45) is 0 Å². The van der Waals surface area contributed by atoms with Crippen molar-refractivity contribution in [1.82, 2.24) is 14.8 Å². The van der Waals surface area contributed by atoms with Gasteiger partial charge in [-0.15, -0.1) is 0 Å². The molecule has 0 unspecified atom stereocenters. The molecule has 1 aromatic rings. The van der Waals surface area contributed by atoms with Gasteiger partial charge < -0.3 is 10.2 Å². The van der Waals surface area contributed by atoms with Gasteiger partial charge in [0.25, 0.3) is 0 Å². The predicted octanol–water partition coefficient (Wildman–Crippen LogP) is 0.576. The second-order valence-corrected chi connectivity index (χ2v) is 4.85. The Bertz CT molecular complexity index is 413. The SMILES string of the molecule is Cc1ccnc(NC(=O)CN2CCN(C)CC2)c1. The Kier molecular flexibility index (Phi) is 4.28. The lowest BCUT2D eigenvalue weighted by Crippen LogP contribution is -2.47. The van der Waals surface area contributed by atoms with E-state index in [0.717, 1.165) is 31.7 Å². The number of aryl methyl sites for hydroxylation is 1. The number of amides is 1. The quantitative estimate of drug-likeness (QED) is 0.850. The van der Waals surface area contributed by atoms with Crippen molar-refractivity contribution in [2.45, 2.75) is 6.92 Å². The summed E-state index contributed by atoms with van der Waals surface area (Å²) in [5.41, 5.74) is 1.10. The molecule has 98 valence electrons. The van der Waals surface area contributed by atoms with E-state index in [1.54, 1.807) is 6.20 Å². The number of likely N-dealkylation sites (N-methyl/N-ethyl adjacent to an activating group) is 1. The minimum atomic E-state index is 0.0117. The van der Waals surface area contributed by atoms with E-state index < -0.39 is 0 Å². The summed E-state index contributed by atoms with van der Waals surface area (Å²) in [4.78, 5) is 20.4. The maximum absolute atomic E-state index is 11.9. The summed E-state index contributed by atoms with van der Waals surface area (Å²) in [5.74, 6) is 0.645. The molecule has 18 heavy (non-hydrogen) atoms. The number of anilines is 1. The van der Waals surface area contributed by atoms with Gasteiger partial charge in [0.05, 0.1) is 6.54 Å². The highest BCUT2D eigenvalue weighted by molar-refractivity contribution is 5.91. The molecule has 0 spiro atoms. The number of piperazine rings is 1. The topological polar surface area (TPSA) is 48.5 Å². The number of rotatable bonds is 3. The van der Waals surface area contributed by atoms with Crippen LogP contribution in [0, 0.1) is 6.92 Å². The summed E-state index contributed by atoms with van der Waals surface area (Å²) < 4.78 is 0. The van der Waals surface area contributed by atoms with E-state index in [2.05, 4.69) is 27.1 Å². The molecule has 2 heterocycles. The van der Waals surface area contributed by atoms with E-state index >= 15 is 0 Å². The fourth-order valence-corrected chi connectivity index (χ4v) is 2.00. The van der Waals surface area contributed by atoms with Crippen LogP contribution in [0.3, 0.4) is 0 Å². The third-order valence-corrected chi connectivity index (χ3v) is 3.15. The second-order valence-electron chi connectivity index (χ2n) is 4.85. The Hall–Kier alpha value is -1.46. The van der Waals surface area contributed by atoms with Crippen molar-refractivity contribution in [1.29, 1.82) is 0 Å². The van der Waals surface area contributed by atoms with Crippen molar-refractivity contribution >= 4 is 11.7 Å². The zero-order chi connectivity index (χ0) is 13.0. The summed E-state index contributed by atoms with van der Waals surface area (Å²) in [6.45, 7) is 6.38. The van der Waals surface area contributed by atoms with Crippen molar-refractivity contribution in [3.63, 3.8) is 0 Å². The number of carbonyl (C=O) groups is 1. The minimum absolute atomic E-state index is 0.0117. The number of hydrogen-bond acceptors (Lipinski definition) is 4. The van der Waals surface area contributed by atoms with Crippen LogP contribution in [-0.4, -0.2) is 60.5 Å². The van der Waals surface area contributed by atoms with Gasteiger partial charge in [-0.3, -0.25) is 9.69 Å². The Morgan fingerprint density at radius 3 is 2.78 bits per heavy atom. The molecule has 1 aliphatic heterocycles. The first-order chi connectivity index (χ1) is 8.63. The van der Waals surface area contributed by atoms with E-state index in [4.69, 9.17) is 0 Å². The fraction of sp³-hybridized carbons (Fsp3) is 0.538. The molecule has 1 aromatic heterocycles. The summed E-state index contributed by atoms with van der Waals surface area (Å²) in [7, 11) is 2.11. The van der Waals surface area contributed by atoms with Crippen LogP contribution in [0.4, 0.5) is 5.82 Å². The third-order valence-electron chi connectivity index (χ3n) is 3.15. The van der Waals surface area contributed by atoms with Crippen molar-refractivity contribution < 1.29 is 4.79 Å². The van der Waals surface area contributed by atoms with Crippen LogP contribution in [0.2, 0.25) is 0 Å². The molecule has 0 atom stereocenters. The number of nitrogens with one attached hydrogen (secondary N) is 1. The molecule has 0 aliphatic carbocycles. The van der Waals surface area contributed by atoms with Gasteiger partial charge >= 0.3 is 0 Å². The number of hydrogen-bond donors (Lipinski definition) is 1. The van der Waals surface area contributed by atoms with Gasteiger partial charge in [0.2, 0.25) is 5.91 Å². The van der Waals surface area contributed by atoms with Crippen LogP contribution in [0.15, 0.2) is 18.3 Å². The normalized spacial score (nSPS) is 17.7. The molecule has 5 nitrogen and oxygen atoms in total. The number of carbonyl (C=O) groups excluding carboxylic acids is 1. The molecule has 1 fully saturated rings. The van der Waals surface area contributed by atoms with Crippen LogP contribution in [0.1, 0.15) is 5.56 Å². The predicted molar refractivity (Wildman–Crippen MR) is 71.5 cm³/mol. The smallest absolute Gasteiger partial charge is 0.239 e. The lowest BCUT2D eigenvalue weighted by molar-refractivity contribution is -0.117. The van der Waals surface area contributed by atoms with E-state index in [-0.39, 0.29) is 5.91 Å². The van der Waals surface area contributed by atoms with Crippen LogP contribution >= 0.6 is 0 Å². The molecule has 0 radical (unpaired) electrons. The first-order valence-corrected chi connectivity index (χ1v) is 6.27. The van der Waals surface area contributed by atoms with Gasteiger partial charge in [-0.05, 0) is 31.7 Å². The molecule has 1 amide bonds. The van der Waals surface area contributed by atoms with Crippen LogP contribution in [0.25, 0.3) is 0 Å². The highest BCUT2D eigenvalue weighted by Gasteiger charge is 2.16. The van der Waals surface area contributed by atoms with Crippen LogP contribution in [-0.2, 0) is 4.79 Å². The molecule has 1 aliphatic rings. The molecule has 0 aromatic carbocycles. The molecule has 1 saturated heterocycles. The Labute approximate surface area is 108 Å². The van der Waals surface area contributed by atoms with E-state index in [9.17, 15) is 4.79 Å². The summed E-state index contributed by atoms with van der Waals surface area (Å²) in [5, 5.41) is 2.84. The summed E-state index contributed by atoms with van der Waals surface area (Å²) in [6, 6.07) is 3.79. The average Bonchev–Trinajstić information content (AvgIpc) is 2.32. The van der Waals surface area contributed by atoms with E-state index in [0.29, 0.717) is 12.4 Å². The van der Waals surface area contributed by atoms with Gasteiger partial charge in [0, 0.05) is 32.4 Å². The maximum atomic E-state index is 11.9. The zero-order valence-corrected chi connectivity index (χ0v) is 11.0. The molecular weight excluding hydrogens is 228 g/mol. The number of pyridine rings is 1. The van der Waals surface area contributed by atoms with Crippen LogP contribution in [0.5, 0.6) is 0 Å². The van der Waals surface area contributed by atoms with Gasteiger partial charge in [-0.25, -0.2) is 4.98 Å². The summed E-state index contributed by atoms with van der Waals surface area (Å²) >= 11 is 0. The summed E-state index contributed by atoms with van der Waals surface area (Å²) in [6.07, 6.45) is 1.71. The Morgan fingerprint density at radius 2 is 2.11 bits per heavy atom. The van der Waals surface area contributed by atoms with Gasteiger partial charge in [0.15, 0.2) is 0 Å². The van der Waals surface area contributed by atoms with Gasteiger partial charge in [0.1, 0.15) is 5.82 Å². The van der Waals surface area contributed by atoms with Crippen molar-refractivity contribution in [3.8, 4) is 0 Å². The maximum Gasteiger partial charge on any atom is 0.239 e. The monoisotopic (exact) mass is 248 g/mol. The second kappa shape index (κ2) is 5.93. The molecule has 0 bridgehead atoms. The third kappa shape index (κ3) is 3.78. The molecule has 2 rings (SSSR count). The van der Waals surface area contributed by atoms with Crippen LogP contribution < -0.4 is 5.32 Å². The lowest BCUT2D eigenvalue weighted by Gasteiger charge is -2.31. The first-order valence-electron chi connectivity index (χ1n) is 6.27. The zero-order valence-electron chi connectivity index (χ0n) is 11.0. The van der Waals surface area contributed by atoms with E-state index in [1.807, 2.05) is 19.1 Å². The lowest BCUT2D eigenvalue weighted by atomic mass is 10.3. The first kappa shape index (κ1) is 13.0. The van der Waals surface area contributed by atoms with Gasteiger partial charge in [-0.2, -0.15) is 0 Å². The molecule has 5 heteroatoms. The number of aromatic nitrogens is 1. The highest BCUT2D eigenvalue weighted by Crippen LogP contribution is 2.05. The van der Waals surface area contributed by atoms with E-state index in [1.165, 1.54) is 0 Å². The Morgan fingerprint density at radius 1 is 1.39 bits per heavy atom.